The fraction of sp³-hybridized carbons (Fsp3) is 0.389. The van der Waals surface area contributed by atoms with E-state index in [0.29, 0.717) is 5.92 Å². The molecule has 24 heavy (non-hydrogen) atoms. The van der Waals surface area contributed by atoms with Crippen LogP contribution in [0.15, 0.2) is 42.7 Å². The van der Waals surface area contributed by atoms with Gasteiger partial charge in [0.2, 0.25) is 5.91 Å². The third-order valence-electron chi connectivity index (χ3n) is 4.75. The average molecular weight is 340 g/mol. The van der Waals surface area contributed by atoms with Crippen LogP contribution < -0.4 is 0 Å². The van der Waals surface area contributed by atoms with E-state index in [4.69, 9.17) is 4.98 Å². The van der Waals surface area contributed by atoms with Crippen molar-refractivity contribution in [1.29, 1.82) is 0 Å². The number of amides is 1. The standard InChI is InChI=1S/C18H20N4OS/c1-13(22-10-4-9-19-22)18(23)21-11-7-14(8-12-21)17-20-15-5-2-3-6-16(15)24-17/h2-6,9-10,13-14H,7-8,11-12H2,1H3. The normalized spacial score (nSPS) is 17.3. The minimum Gasteiger partial charge on any atom is -0.341 e. The molecular formula is C18H20N4OS. The number of thiazole rings is 1. The lowest BCUT2D eigenvalue weighted by Gasteiger charge is -2.32. The number of fused-ring (bicyclic) bond motifs is 1. The molecule has 0 bridgehead atoms. The van der Waals surface area contributed by atoms with Crippen molar-refractivity contribution < 1.29 is 4.79 Å². The minimum absolute atomic E-state index is 0.154. The third-order valence-corrected chi connectivity index (χ3v) is 5.94. The Balaban J connectivity index is 1.42. The van der Waals surface area contributed by atoms with Crippen LogP contribution in [0.4, 0.5) is 0 Å². The van der Waals surface area contributed by atoms with Crippen molar-refractivity contribution in [2.75, 3.05) is 13.1 Å². The van der Waals surface area contributed by atoms with E-state index in [1.807, 2.05) is 30.2 Å². The van der Waals surface area contributed by atoms with E-state index in [9.17, 15) is 4.79 Å². The van der Waals surface area contributed by atoms with Crippen molar-refractivity contribution in [1.82, 2.24) is 19.7 Å². The predicted molar refractivity (Wildman–Crippen MR) is 95.1 cm³/mol. The number of rotatable bonds is 3. The summed E-state index contributed by atoms with van der Waals surface area (Å²) >= 11 is 1.79. The summed E-state index contributed by atoms with van der Waals surface area (Å²) in [6, 6.07) is 9.90. The molecule has 0 aliphatic carbocycles. The topological polar surface area (TPSA) is 51.0 Å². The van der Waals surface area contributed by atoms with Gasteiger partial charge in [-0.1, -0.05) is 12.1 Å². The van der Waals surface area contributed by atoms with Crippen LogP contribution in [0.2, 0.25) is 0 Å². The zero-order valence-electron chi connectivity index (χ0n) is 13.6. The van der Waals surface area contributed by atoms with Gasteiger partial charge in [-0.15, -0.1) is 11.3 Å². The SMILES string of the molecule is CC(C(=O)N1CCC(c2nc3ccccc3s2)CC1)n1cccn1. The molecule has 1 atom stereocenters. The van der Waals surface area contributed by atoms with Crippen molar-refractivity contribution in [3.63, 3.8) is 0 Å². The van der Waals surface area contributed by atoms with Crippen molar-refractivity contribution in [3.8, 4) is 0 Å². The Hall–Kier alpha value is -2.21. The van der Waals surface area contributed by atoms with Gasteiger partial charge in [0.1, 0.15) is 6.04 Å². The van der Waals surface area contributed by atoms with E-state index in [-0.39, 0.29) is 11.9 Å². The number of benzene rings is 1. The second kappa shape index (κ2) is 6.36. The molecule has 124 valence electrons. The second-order valence-corrected chi connectivity index (χ2v) is 7.34. The maximum absolute atomic E-state index is 12.6. The molecule has 1 amide bonds. The molecule has 4 rings (SSSR count). The zero-order valence-corrected chi connectivity index (χ0v) is 14.4. The molecule has 5 nitrogen and oxygen atoms in total. The second-order valence-electron chi connectivity index (χ2n) is 6.28. The molecular weight excluding hydrogens is 320 g/mol. The van der Waals surface area contributed by atoms with Gasteiger partial charge < -0.3 is 4.90 Å². The summed E-state index contributed by atoms with van der Waals surface area (Å²) in [4.78, 5) is 19.4. The predicted octanol–water partition coefficient (Wildman–Crippen LogP) is 3.46. The van der Waals surface area contributed by atoms with E-state index in [1.54, 1.807) is 22.2 Å². The molecule has 2 aromatic heterocycles. The molecule has 3 heterocycles. The summed E-state index contributed by atoms with van der Waals surface area (Å²) in [5.41, 5.74) is 1.09. The van der Waals surface area contributed by atoms with Crippen LogP contribution in [0.5, 0.6) is 0 Å². The summed E-state index contributed by atoms with van der Waals surface area (Å²) < 4.78 is 2.97. The number of aromatic nitrogens is 3. The summed E-state index contributed by atoms with van der Waals surface area (Å²) in [5, 5.41) is 5.39. The van der Waals surface area contributed by atoms with Crippen LogP contribution in [0.25, 0.3) is 10.2 Å². The molecule has 1 saturated heterocycles. The summed E-state index contributed by atoms with van der Waals surface area (Å²) in [6.07, 6.45) is 5.52. The Morgan fingerprint density at radius 3 is 2.75 bits per heavy atom. The summed E-state index contributed by atoms with van der Waals surface area (Å²) in [6.45, 7) is 3.50. The van der Waals surface area contributed by atoms with Crippen LogP contribution in [-0.4, -0.2) is 38.7 Å². The number of carbonyl (C=O) groups excluding carboxylic acids is 1. The Morgan fingerprint density at radius 1 is 1.25 bits per heavy atom. The smallest absolute Gasteiger partial charge is 0.247 e. The molecule has 1 fully saturated rings. The first-order valence-electron chi connectivity index (χ1n) is 8.36. The number of piperidine rings is 1. The van der Waals surface area contributed by atoms with Gasteiger partial charge in [-0.3, -0.25) is 9.48 Å². The van der Waals surface area contributed by atoms with Gasteiger partial charge in [-0.2, -0.15) is 5.10 Å². The lowest BCUT2D eigenvalue weighted by molar-refractivity contribution is -0.135. The molecule has 1 aliphatic rings. The molecule has 6 heteroatoms. The first-order chi connectivity index (χ1) is 11.7. The van der Waals surface area contributed by atoms with Crippen molar-refractivity contribution in [2.45, 2.75) is 31.7 Å². The van der Waals surface area contributed by atoms with Crippen molar-refractivity contribution >= 4 is 27.5 Å². The molecule has 0 spiro atoms. The summed E-state index contributed by atoms with van der Waals surface area (Å²) in [7, 11) is 0. The van der Waals surface area contributed by atoms with Crippen LogP contribution in [0, 0.1) is 0 Å². The van der Waals surface area contributed by atoms with Crippen LogP contribution in [0.3, 0.4) is 0 Å². The van der Waals surface area contributed by atoms with Gasteiger partial charge in [-0.05, 0) is 38.0 Å². The highest BCUT2D eigenvalue weighted by Gasteiger charge is 2.28. The largest absolute Gasteiger partial charge is 0.341 e. The van der Waals surface area contributed by atoms with Crippen LogP contribution >= 0.6 is 11.3 Å². The molecule has 0 saturated carbocycles. The number of nitrogens with zero attached hydrogens (tertiary/aromatic N) is 4. The summed E-state index contributed by atoms with van der Waals surface area (Å²) in [5.74, 6) is 0.618. The van der Waals surface area contributed by atoms with E-state index in [0.717, 1.165) is 31.4 Å². The lowest BCUT2D eigenvalue weighted by Crippen LogP contribution is -2.41. The van der Waals surface area contributed by atoms with Gasteiger partial charge >= 0.3 is 0 Å². The van der Waals surface area contributed by atoms with Gasteiger partial charge in [0, 0.05) is 31.4 Å². The van der Waals surface area contributed by atoms with E-state index >= 15 is 0 Å². The Labute approximate surface area is 144 Å². The lowest BCUT2D eigenvalue weighted by atomic mass is 9.97. The Kier molecular flexibility index (Phi) is 4.06. The number of carbonyl (C=O) groups is 1. The van der Waals surface area contributed by atoms with Crippen molar-refractivity contribution in [2.24, 2.45) is 0 Å². The molecule has 1 aromatic carbocycles. The van der Waals surface area contributed by atoms with E-state index in [1.165, 1.54) is 9.71 Å². The Bertz CT molecular complexity index is 801. The molecule has 0 N–H and O–H groups in total. The van der Waals surface area contributed by atoms with Gasteiger partial charge in [0.15, 0.2) is 0 Å². The fourth-order valence-corrected chi connectivity index (χ4v) is 4.44. The molecule has 0 radical (unpaired) electrons. The van der Waals surface area contributed by atoms with E-state index < -0.39 is 0 Å². The fourth-order valence-electron chi connectivity index (χ4n) is 3.30. The monoisotopic (exact) mass is 340 g/mol. The maximum atomic E-state index is 12.6. The van der Waals surface area contributed by atoms with Crippen LogP contribution in [-0.2, 0) is 4.79 Å². The molecule has 3 aromatic rings. The van der Waals surface area contributed by atoms with Crippen LogP contribution in [0.1, 0.15) is 36.7 Å². The number of likely N-dealkylation sites (tertiary alicyclic amines) is 1. The first kappa shape index (κ1) is 15.3. The highest BCUT2D eigenvalue weighted by Crippen LogP contribution is 2.34. The number of hydrogen-bond acceptors (Lipinski definition) is 4. The zero-order chi connectivity index (χ0) is 16.5. The van der Waals surface area contributed by atoms with E-state index in [2.05, 4.69) is 23.3 Å². The van der Waals surface area contributed by atoms with Gasteiger partial charge in [0.05, 0.1) is 15.2 Å². The van der Waals surface area contributed by atoms with Gasteiger partial charge in [0.25, 0.3) is 0 Å². The number of hydrogen-bond donors (Lipinski definition) is 0. The molecule has 1 aliphatic heterocycles. The molecule has 1 unspecified atom stereocenters. The highest BCUT2D eigenvalue weighted by atomic mass is 32.1. The number of para-hydroxylation sites is 1. The first-order valence-corrected chi connectivity index (χ1v) is 9.17. The van der Waals surface area contributed by atoms with Gasteiger partial charge in [-0.25, -0.2) is 4.98 Å². The third kappa shape index (κ3) is 2.82. The average Bonchev–Trinajstić information content (AvgIpc) is 3.30. The Morgan fingerprint density at radius 2 is 2.04 bits per heavy atom. The van der Waals surface area contributed by atoms with Crippen molar-refractivity contribution in [3.05, 3.63) is 47.7 Å². The maximum Gasteiger partial charge on any atom is 0.247 e. The minimum atomic E-state index is -0.237. The highest BCUT2D eigenvalue weighted by molar-refractivity contribution is 7.18. The quantitative estimate of drug-likeness (QED) is 0.734.